The molecule has 5 aliphatic rings. The van der Waals surface area contributed by atoms with Crippen molar-refractivity contribution in [1.82, 2.24) is 0 Å². The fraction of sp³-hybridized carbons (Fsp3) is 0.500. The Kier molecular flexibility index (Phi) is 4.47. The number of fused-ring (bicyclic) bond motifs is 1. The van der Waals surface area contributed by atoms with E-state index in [2.05, 4.69) is 6.58 Å². The van der Waals surface area contributed by atoms with Crippen LogP contribution in [-0.4, -0.2) is 38.6 Å². The second-order valence-electron chi connectivity index (χ2n) is 11.4. The lowest BCUT2D eigenvalue weighted by molar-refractivity contribution is -0.171. The molecule has 2 fully saturated rings. The summed E-state index contributed by atoms with van der Waals surface area (Å²) in [6.07, 6.45) is 6.13. The zero-order valence-corrected chi connectivity index (χ0v) is 20.6. The van der Waals surface area contributed by atoms with E-state index < -0.39 is 28.1 Å². The highest BCUT2D eigenvalue weighted by molar-refractivity contribution is 6.18. The fourth-order valence-electron chi connectivity index (χ4n) is 6.65. The SMILES string of the molecule is C=CC(C)(C)c1c(O)cc(O)c2c1O[C@]13C(=C[C@H]4C[C@H]1C(C)(C)O[C@@]3(CC=C(C)C)C4=O)C2=O. The summed E-state index contributed by atoms with van der Waals surface area (Å²) in [6, 6.07) is 1.18. The Hall–Kier alpha value is -2.86. The van der Waals surface area contributed by atoms with Crippen molar-refractivity contribution in [1.29, 1.82) is 0 Å². The largest absolute Gasteiger partial charge is 0.507 e. The smallest absolute Gasteiger partial charge is 0.200 e. The molecule has 1 aromatic carbocycles. The van der Waals surface area contributed by atoms with Crippen LogP contribution in [0.5, 0.6) is 17.2 Å². The standard InChI is InChI=1S/C28H32O6/c1-8-25(4,5)21-18(30)13-17(29)20-22(31)16-11-15-12-19-26(6,7)34-27(24(15)32,10-9-14(2)3)28(16,19)33-23(20)21/h8-9,11,13,15,19,29-30H,1,10,12H2,2-7H3/t15-,19-,27-,28+/m0/s1. The van der Waals surface area contributed by atoms with Crippen molar-refractivity contribution in [2.24, 2.45) is 11.8 Å². The van der Waals surface area contributed by atoms with Gasteiger partial charge in [0.25, 0.3) is 0 Å². The second kappa shape index (κ2) is 6.63. The number of carbonyl (C=O) groups excluding carboxylic acids is 2. The first-order chi connectivity index (χ1) is 15.7. The van der Waals surface area contributed by atoms with Crippen molar-refractivity contribution < 1.29 is 29.3 Å². The molecular formula is C28H32O6. The quantitative estimate of drug-likeness (QED) is 0.614. The molecule has 0 radical (unpaired) electrons. The van der Waals surface area contributed by atoms with Gasteiger partial charge in [-0.1, -0.05) is 37.6 Å². The van der Waals surface area contributed by atoms with Crippen LogP contribution in [0.25, 0.3) is 0 Å². The maximum absolute atomic E-state index is 14.1. The summed E-state index contributed by atoms with van der Waals surface area (Å²) in [5.41, 5.74) is -2.48. The van der Waals surface area contributed by atoms with Gasteiger partial charge in [0, 0.05) is 40.9 Å². The Balaban J connectivity index is 1.87. The van der Waals surface area contributed by atoms with Crippen LogP contribution in [0, 0.1) is 11.8 Å². The molecule has 6 heteroatoms. The van der Waals surface area contributed by atoms with Crippen molar-refractivity contribution in [3.05, 3.63) is 53.1 Å². The van der Waals surface area contributed by atoms with Crippen LogP contribution >= 0.6 is 0 Å². The number of ether oxygens (including phenoxy) is 2. The molecule has 6 rings (SSSR count). The third-order valence-corrected chi connectivity index (χ3v) is 8.29. The zero-order valence-electron chi connectivity index (χ0n) is 20.6. The molecule has 4 bridgehead atoms. The average Bonchev–Trinajstić information content (AvgIpc) is 2.89. The van der Waals surface area contributed by atoms with Gasteiger partial charge >= 0.3 is 0 Å². The summed E-state index contributed by atoms with van der Waals surface area (Å²) in [4.78, 5) is 28.0. The van der Waals surface area contributed by atoms with E-state index in [9.17, 15) is 19.8 Å². The molecule has 1 aromatic rings. The van der Waals surface area contributed by atoms with Gasteiger partial charge in [0.2, 0.25) is 0 Å². The first kappa shape index (κ1) is 22.9. The predicted molar refractivity (Wildman–Crippen MR) is 127 cm³/mol. The summed E-state index contributed by atoms with van der Waals surface area (Å²) < 4.78 is 13.5. The molecule has 1 saturated heterocycles. The Labute approximate surface area is 200 Å². The number of aromatic hydroxyl groups is 2. The Morgan fingerprint density at radius 2 is 1.91 bits per heavy atom. The van der Waals surface area contributed by atoms with Gasteiger partial charge in [0.1, 0.15) is 22.8 Å². The first-order valence-electron chi connectivity index (χ1n) is 11.8. The molecule has 1 saturated carbocycles. The second-order valence-corrected chi connectivity index (χ2v) is 11.4. The van der Waals surface area contributed by atoms with Gasteiger partial charge in [-0.15, -0.1) is 6.58 Å². The molecule has 34 heavy (non-hydrogen) atoms. The van der Waals surface area contributed by atoms with Crippen LogP contribution in [0.2, 0.25) is 0 Å². The summed E-state index contributed by atoms with van der Waals surface area (Å²) in [5, 5.41) is 21.6. The van der Waals surface area contributed by atoms with Crippen molar-refractivity contribution in [3.8, 4) is 17.2 Å². The van der Waals surface area contributed by atoms with Crippen molar-refractivity contribution in [3.63, 3.8) is 0 Å². The minimum absolute atomic E-state index is 0.00849. The Bertz CT molecular complexity index is 1230. The van der Waals surface area contributed by atoms with Gasteiger partial charge in [-0.2, -0.15) is 0 Å². The maximum atomic E-state index is 14.1. The molecule has 2 aliphatic heterocycles. The average molecular weight is 465 g/mol. The Morgan fingerprint density at radius 1 is 1.24 bits per heavy atom. The zero-order chi connectivity index (χ0) is 25.0. The summed E-state index contributed by atoms with van der Waals surface area (Å²) in [5.74, 6) is -1.63. The van der Waals surface area contributed by atoms with Gasteiger partial charge in [0.05, 0.1) is 5.60 Å². The monoisotopic (exact) mass is 464 g/mol. The topological polar surface area (TPSA) is 93.1 Å². The maximum Gasteiger partial charge on any atom is 0.200 e. The predicted octanol–water partition coefficient (Wildman–Crippen LogP) is 4.92. The minimum atomic E-state index is -1.38. The van der Waals surface area contributed by atoms with Crippen LogP contribution in [0.1, 0.15) is 70.3 Å². The highest BCUT2D eigenvalue weighted by Crippen LogP contribution is 2.68. The molecule has 2 heterocycles. The van der Waals surface area contributed by atoms with E-state index in [0.29, 0.717) is 17.6 Å². The molecule has 6 nitrogen and oxygen atoms in total. The number of Topliss-reactive ketones (excluding diaryl/α,β-unsaturated/α-hetero) is 2. The van der Waals surface area contributed by atoms with Gasteiger partial charge in [-0.25, -0.2) is 0 Å². The van der Waals surface area contributed by atoms with Crippen LogP contribution in [0.15, 0.2) is 42.0 Å². The lowest BCUT2D eigenvalue weighted by Gasteiger charge is -2.56. The molecule has 180 valence electrons. The normalized spacial score (nSPS) is 32.5. The highest BCUT2D eigenvalue weighted by Gasteiger charge is 2.81. The number of rotatable bonds is 4. The first-order valence-corrected chi connectivity index (χ1v) is 11.8. The van der Waals surface area contributed by atoms with Crippen LogP contribution in [0.4, 0.5) is 0 Å². The van der Waals surface area contributed by atoms with Gasteiger partial charge < -0.3 is 19.7 Å². The number of phenolic OH excluding ortho intramolecular Hbond substituents is 2. The van der Waals surface area contributed by atoms with E-state index in [-0.39, 0.29) is 46.7 Å². The van der Waals surface area contributed by atoms with E-state index in [1.54, 1.807) is 12.2 Å². The van der Waals surface area contributed by atoms with Crippen LogP contribution < -0.4 is 4.74 Å². The number of benzene rings is 1. The van der Waals surface area contributed by atoms with Crippen molar-refractivity contribution in [2.75, 3.05) is 0 Å². The number of carbonyl (C=O) groups is 2. The molecule has 3 aliphatic carbocycles. The number of phenols is 2. The van der Waals surface area contributed by atoms with Gasteiger partial charge in [-0.3, -0.25) is 9.59 Å². The number of hydrogen-bond donors (Lipinski definition) is 2. The lowest BCUT2D eigenvalue weighted by atomic mass is 9.51. The van der Waals surface area contributed by atoms with Crippen LogP contribution in [0.3, 0.4) is 0 Å². The van der Waals surface area contributed by atoms with E-state index in [0.717, 1.165) is 5.57 Å². The molecule has 4 atom stereocenters. The molecule has 2 N–H and O–H groups in total. The minimum Gasteiger partial charge on any atom is -0.507 e. The van der Waals surface area contributed by atoms with Gasteiger partial charge in [0.15, 0.2) is 22.8 Å². The summed E-state index contributed by atoms with van der Waals surface area (Å²) in [7, 11) is 0. The van der Waals surface area contributed by atoms with Crippen molar-refractivity contribution in [2.45, 2.75) is 76.6 Å². The van der Waals surface area contributed by atoms with Crippen molar-refractivity contribution >= 4 is 11.6 Å². The summed E-state index contributed by atoms with van der Waals surface area (Å²) >= 11 is 0. The Morgan fingerprint density at radius 3 is 2.53 bits per heavy atom. The van der Waals surface area contributed by atoms with E-state index in [1.165, 1.54) is 6.07 Å². The van der Waals surface area contributed by atoms with E-state index >= 15 is 0 Å². The third-order valence-electron chi connectivity index (χ3n) is 8.29. The highest BCUT2D eigenvalue weighted by atomic mass is 16.6. The lowest BCUT2D eigenvalue weighted by Crippen LogP contribution is -2.72. The molecule has 0 aromatic heterocycles. The van der Waals surface area contributed by atoms with E-state index in [4.69, 9.17) is 9.47 Å². The fourth-order valence-corrected chi connectivity index (χ4v) is 6.65. The molecule has 1 spiro atoms. The number of ketones is 2. The summed E-state index contributed by atoms with van der Waals surface area (Å²) in [6.45, 7) is 15.4. The molecule has 0 unspecified atom stereocenters. The number of allylic oxidation sites excluding steroid dienone is 3. The molecular weight excluding hydrogens is 432 g/mol. The van der Waals surface area contributed by atoms with E-state index in [1.807, 2.05) is 47.6 Å². The third kappa shape index (κ3) is 2.50. The number of hydrogen-bond acceptors (Lipinski definition) is 6. The van der Waals surface area contributed by atoms with Gasteiger partial charge in [-0.05, 0) is 34.1 Å². The molecule has 0 amide bonds. The van der Waals surface area contributed by atoms with Crippen LogP contribution in [-0.2, 0) is 14.9 Å².